The molecule has 0 saturated carbocycles. The molecule has 0 saturated heterocycles. The molecule has 3 aromatic carbocycles. The van der Waals surface area contributed by atoms with E-state index in [1.54, 1.807) is 31.4 Å². The third kappa shape index (κ3) is 4.67. The van der Waals surface area contributed by atoms with Crippen LogP contribution >= 0.6 is 0 Å². The van der Waals surface area contributed by atoms with Crippen LogP contribution in [0.3, 0.4) is 0 Å². The number of amides is 1. The molecule has 1 amide bonds. The predicted molar refractivity (Wildman–Crippen MR) is 108 cm³/mol. The zero-order chi connectivity index (χ0) is 19.2. The van der Waals surface area contributed by atoms with Gasteiger partial charge in [0.25, 0.3) is 5.91 Å². The lowest BCUT2D eigenvalue weighted by molar-refractivity contribution is 0.102. The molecular weight excluding hydrogens is 338 g/mol. The molecule has 0 aromatic heterocycles. The molecule has 138 valence electrons. The van der Waals surface area contributed by atoms with Crippen molar-refractivity contribution >= 4 is 11.6 Å². The van der Waals surface area contributed by atoms with Crippen molar-refractivity contribution in [2.75, 3.05) is 12.4 Å². The molecule has 4 nitrogen and oxygen atoms in total. The minimum absolute atomic E-state index is 0.231. The average molecular weight is 361 g/mol. The molecule has 0 fully saturated rings. The number of nitrogens with one attached hydrogen (secondary N) is 1. The number of benzene rings is 3. The first kappa shape index (κ1) is 18.5. The van der Waals surface area contributed by atoms with Crippen LogP contribution in [0.25, 0.3) is 0 Å². The second-order valence-electron chi connectivity index (χ2n) is 6.51. The number of ether oxygens (including phenoxy) is 2. The number of hydrogen-bond donors (Lipinski definition) is 1. The van der Waals surface area contributed by atoms with Crippen LogP contribution in [0.4, 0.5) is 5.69 Å². The highest BCUT2D eigenvalue weighted by Crippen LogP contribution is 2.26. The van der Waals surface area contributed by atoms with Crippen LogP contribution in [0.5, 0.6) is 17.2 Å². The molecule has 0 radical (unpaired) electrons. The highest BCUT2D eigenvalue weighted by atomic mass is 16.5. The Morgan fingerprint density at radius 2 is 1.63 bits per heavy atom. The van der Waals surface area contributed by atoms with E-state index in [0.717, 1.165) is 5.75 Å². The summed E-state index contributed by atoms with van der Waals surface area (Å²) in [5.74, 6) is 2.20. The summed E-state index contributed by atoms with van der Waals surface area (Å²) in [6.07, 6.45) is 0. The summed E-state index contributed by atoms with van der Waals surface area (Å²) < 4.78 is 11.2. The topological polar surface area (TPSA) is 47.6 Å². The number of carbonyl (C=O) groups is 1. The molecule has 27 heavy (non-hydrogen) atoms. The molecule has 1 N–H and O–H groups in total. The second kappa shape index (κ2) is 8.41. The first-order valence-corrected chi connectivity index (χ1v) is 8.89. The van der Waals surface area contributed by atoms with E-state index < -0.39 is 0 Å². The van der Waals surface area contributed by atoms with Gasteiger partial charge in [0.15, 0.2) is 0 Å². The van der Waals surface area contributed by atoms with Crippen LogP contribution in [-0.2, 0) is 0 Å². The summed E-state index contributed by atoms with van der Waals surface area (Å²) >= 11 is 0. The quantitative estimate of drug-likeness (QED) is 0.598. The van der Waals surface area contributed by atoms with Gasteiger partial charge in [-0.2, -0.15) is 0 Å². The fourth-order valence-corrected chi connectivity index (χ4v) is 2.72. The Morgan fingerprint density at radius 1 is 0.889 bits per heavy atom. The fraction of sp³-hybridized carbons (Fsp3) is 0.174. The Kier molecular flexibility index (Phi) is 5.77. The van der Waals surface area contributed by atoms with Crippen molar-refractivity contribution in [2.24, 2.45) is 0 Å². The van der Waals surface area contributed by atoms with Crippen molar-refractivity contribution in [3.05, 3.63) is 83.9 Å². The minimum Gasteiger partial charge on any atom is -0.496 e. The van der Waals surface area contributed by atoms with Gasteiger partial charge in [0.05, 0.1) is 12.7 Å². The lowest BCUT2D eigenvalue weighted by Gasteiger charge is -2.11. The highest BCUT2D eigenvalue weighted by molar-refractivity contribution is 6.06. The molecule has 3 aromatic rings. The third-order valence-electron chi connectivity index (χ3n) is 4.23. The van der Waals surface area contributed by atoms with Crippen molar-refractivity contribution in [1.82, 2.24) is 0 Å². The van der Waals surface area contributed by atoms with Crippen molar-refractivity contribution in [3.8, 4) is 17.2 Å². The number of methoxy groups -OCH3 is 1. The summed E-state index contributed by atoms with van der Waals surface area (Å²) in [6.45, 7) is 4.31. The van der Waals surface area contributed by atoms with E-state index in [1.165, 1.54) is 5.56 Å². The fourth-order valence-electron chi connectivity index (χ4n) is 2.72. The van der Waals surface area contributed by atoms with Crippen molar-refractivity contribution < 1.29 is 14.3 Å². The molecule has 0 aliphatic rings. The van der Waals surface area contributed by atoms with Crippen LogP contribution in [0, 0.1) is 0 Å². The molecule has 0 heterocycles. The molecule has 4 heteroatoms. The normalized spacial score (nSPS) is 10.5. The smallest absolute Gasteiger partial charge is 0.259 e. The van der Waals surface area contributed by atoms with Gasteiger partial charge in [-0.15, -0.1) is 0 Å². The van der Waals surface area contributed by atoms with E-state index >= 15 is 0 Å². The summed E-state index contributed by atoms with van der Waals surface area (Å²) in [4.78, 5) is 12.5. The molecule has 0 unspecified atom stereocenters. The van der Waals surface area contributed by atoms with E-state index in [0.29, 0.717) is 28.7 Å². The Hall–Kier alpha value is -3.27. The van der Waals surface area contributed by atoms with E-state index in [4.69, 9.17) is 9.47 Å². The maximum atomic E-state index is 12.5. The summed E-state index contributed by atoms with van der Waals surface area (Å²) in [5.41, 5.74) is 2.40. The van der Waals surface area contributed by atoms with Gasteiger partial charge in [0.2, 0.25) is 0 Å². The van der Waals surface area contributed by atoms with Gasteiger partial charge in [-0.1, -0.05) is 44.2 Å². The SMILES string of the molecule is COc1ccccc1C(=O)Nc1cccc(Oc2ccc(C(C)C)cc2)c1. The monoisotopic (exact) mass is 361 g/mol. The van der Waals surface area contributed by atoms with Crippen molar-refractivity contribution in [3.63, 3.8) is 0 Å². The number of carbonyl (C=O) groups excluding carboxylic acids is 1. The maximum absolute atomic E-state index is 12.5. The largest absolute Gasteiger partial charge is 0.496 e. The lowest BCUT2D eigenvalue weighted by atomic mass is 10.0. The van der Waals surface area contributed by atoms with Crippen molar-refractivity contribution in [1.29, 1.82) is 0 Å². The molecule has 0 spiro atoms. The van der Waals surface area contributed by atoms with Crippen LogP contribution in [0.15, 0.2) is 72.8 Å². The van der Waals surface area contributed by atoms with Crippen LogP contribution in [0.2, 0.25) is 0 Å². The van der Waals surface area contributed by atoms with Crippen LogP contribution in [0.1, 0.15) is 35.7 Å². The second-order valence-corrected chi connectivity index (χ2v) is 6.51. The van der Waals surface area contributed by atoms with Gasteiger partial charge in [0.1, 0.15) is 17.2 Å². The van der Waals surface area contributed by atoms with Gasteiger partial charge in [-0.3, -0.25) is 4.79 Å². The molecule has 0 aliphatic carbocycles. The van der Waals surface area contributed by atoms with Gasteiger partial charge >= 0.3 is 0 Å². The number of hydrogen-bond acceptors (Lipinski definition) is 3. The first-order chi connectivity index (χ1) is 13.1. The first-order valence-electron chi connectivity index (χ1n) is 8.89. The molecule has 0 atom stereocenters. The van der Waals surface area contributed by atoms with Crippen molar-refractivity contribution in [2.45, 2.75) is 19.8 Å². The average Bonchev–Trinajstić information content (AvgIpc) is 2.68. The highest BCUT2D eigenvalue weighted by Gasteiger charge is 2.12. The maximum Gasteiger partial charge on any atom is 0.259 e. The third-order valence-corrected chi connectivity index (χ3v) is 4.23. The Labute approximate surface area is 159 Å². The zero-order valence-electron chi connectivity index (χ0n) is 15.7. The van der Waals surface area contributed by atoms with E-state index in [-0.39, 0.29) is 5.91 Å². The predicted octanol–water partition coefficient (Wildman–Crippen LogP) is 5.86. The zero-order valence-corrected chi connectivity index (χ0v) is 15.7. The Bertz CT molecular complexity index is 917. The van der Waals surface area contributed by atoms with Gasteiger partial charge in [0, 0.05) is 11.8 Å². The standard InChI is InChI=1S/C23H23NO3/c1-16(2)17-11-13-19(14-12-17)27-20-8-6-7-18(15-20)24-23(25)21-9-4-5-10-22(21)26-3/h4-16H,1-3H3,(H,24,25). The molecule has 0 aliphatic heterocycles. The molecule has 3 rings (SSSR count). The lowest BCUT2D eigenvalue weighted by Crippen LogP contribution is -2.13. The number of para-hydroxylation sites is 1. The van der Waals surface area contributed by atoms with E-state index in [9.17, 15) is 4.79 Å². The van der Waals surface area contributed by atoms with Crippen LogP contribution < -0.4 is 14.8 Å². The Balaban J connectivity index is 1.72. The van der Waals surface area contributed by atoms with E-state index in [2.05, 4.69) is 31.3 Å². The number of anilines is 1. The van der Waals surface area contributed by atoms with Crippen LogP contribution in [-0.4, -0.2) is 13.0 Å². The molecular formula is C23H23NO3. The minimum atomic E-state index is -0.231. The summed E-state index contributed by atoms with van der Waals surface area (Å²) in [6, 6.07) is 22.5. The summed E-state index contributed by atoms with van der Waals surface area (Å²) in [5, 5.41) is 2.88. The van der Waals surface area contributed by atoms with Gasteiger partial charge in [-0.05, 0) is 47.9 Å². The van der Waals surface area contributed by atoms with Gasteiger partial charge < -0.3 is 14.8 Å². The number of rotatable bonds is 6. The summed E-state index contributed by atoms with van der Waals surface area (Å²) in [7, 11) is 1.55. The Morgan fingerprint density at radius 3 is 2.33 bits per heavy atom. The molecule has 0 bridgehead atoms. The van der Waals surface area contributed by atoms with Gasteiger partial charge in [-0.25, -0.2) is 0 Å². The van der Waals surface area contributed by atoms with E-state index in [1.807, 2.05) is 36.4 Å².